The zero-order valence-corrected chi connectivity index (χ0v) is 34.7. The van der Waals surface area contributed by atoms with Crippen LogP contribution >= 0.6 is 0 Å². The second-order valence-corrected chi connectivity index (χ2v) is 15.0. The van der Waals surface area contributed by atoms with Crippen LogP contribution in [-0.4, -0.2) is 47.4 Å². The molecule has 0 fully saturated rings. The summed E-state index contributed by atoms with van der Waals surface area (Å²) in [6.07, 6.45) is 51.1. The average molecular weight is 744 g/mol. The Morgan fingerprint density at radius 3 is 1.49 bits per heavy atom. The van der Waals surface area contributed by atoms with E-state index in [2.05, 4.69) is 49.5 Å². The minimum atomic E-state index is -0.877. The Morgan fingerprint density at radius 1 is 0.528 bits per heavy atom. The summed E-state index contributed by atoms with van der Waals surface area (Å²) < 4.78 is 5.43. The van der Waals surface area contributed by atoms with Gasteiger partial charge in [-0.05, 0) is 77.0 Å². The number of carbonyl (C=O) groups excluding carboxylic acids is 2. The van der Waals surface area contributed by atoms with Crippen molar-refractivity contribution in [2.45, 2.75) is 225 Å². The fourth-order valence-electron chi connectivity index (χ4n) is 6.32. The van der Waals surface area contributed by atoms with Gasteiger partial charge in [-0.2, -0.15) is 0 Å². The molecule has 3 N–H and O–H groups in total. The summed E-state index contributed by atoms with van der Waals surface area (Å²) in [6, 6.07) is -0.670. The second-order valence-electron chi connectivity index (χ2n) is 15.0. The third kappa shape index (κ3) is 39.3. The number of rotatable bonds is 40. The normalized spacial score (nSPS) is 13.2. The number of carbonyl (C=O) groups is 2. The predicted octanol–water partition coefficient (Wildman–Crippen LogP) is 12.7. The number of aliphatic hydroxyl groups excluding tert-OH is 2. The van der Waals surface area contributed by atoms with Crippen LogP contribution in [0.15, 0.2) is 48.6 Å². The minimum absolute atomic E-state index is 0.0289. The molecule has 0 spiro atoms. The molecule has 1 amide bonds. The number of hydrogen-bond acceptors (Lipinski definition) is 5. The lowest BCUT2D eigenvalue weighted by Gasteiger charge is -2.19. The average Bonchev–Trinajstić information content (AvgIpc) is 3.16. The highest BCUT2D eigenvalue weighted by molar-refractivity contribution is 5.76. The highest BCUT2D eigenvalue weighted by Gasteiger charge is 2.17. The molecule has 0 bridgehead atoms. The van der Waals surface area contributed by atoms with Crippen molar-refractivity contribution in [2.75, 3.05) is 13.2 Å². The molecule has 0 saturated carbocycles. The fraction of sp³-hybridized carbons (Fsp3) is 0.787. The van der Waals surface area contributed by atoms with E-state index in [9.17, 15) is 19.8 Å². The first kappa shape index (κ1) is 50.8. The molecular weight excluding hydrogens is 659 g/mol. The van der Waals surface area contributed by atoms with Gasteiger partial charge in [0.15, 0.2) is 0 Å². The number of unbranched alkanes of at least 4 members (excludes halogenated alkanes) is 23. The van der Waals surface area contributed by atoms with Crippen molar-refractivity contribution in [1.29, 1.82) is 0 Å². The maximum atomic E-state index is 12.3. The van der Waals surface area contributed by atoms with E-state index in [1.807, 2.05) is 12.2 Å². The first-order chi connectivity index (χ1) is 26.0. The van der Waals surface area contributed by atoms with E-state index in [0.29, 0.717) is 25.9 Å². The van der Waals surface area contributed by atoms with Gasteiger partial charge in [0, 0.05) is 12.8 Å². The van der Waals surface area contributed by atoms with Gasteiger partial charge in [0.25, 0.3) is 0 Å². The minimum Gasteiger partial charge on any atom is -0.466 e. The summed E-state index contributed by atoms with van der Waals surface area (Å²) >= 11 is 0. The lowest BCUT2D eigenvalue weighted by molar-refractivity contribution is -0.143. The zero-order chi connectivity index (χ0) is 38.7. The highest BCUT2D eigenvalue weighted by Crippen LogP contribution is 2.12. The van der Waals surface area contributed by atoms with Crippen molar-refractivity contribution in [1.82, 2.24) is 5.32 Å². The molecule has 0 aromatic carbocycles. The maximum absolute atomic E-state index is 12.3. The summed E-state index contributed by atoms with van der Waals surface area (Å²) in [5.74, 6) is -0.183. The van der Waals surface area contributed by atoms with Gasteiger partial charge in [-0.25, -0.2) is 0 Å². The van der Waals surface area contributed by atoms with Gasteiger partial charge in [0.2, 0.25) is 5.91 Å². The lowest BCUT2D eigenvalue weighted by Crippen LogP contribution is -2.45. The van der Waals surface area contributed by atoms with Gasteiger partial charge in [0.1, 0.15) is 0 Å². The van der Waals surface area contributed by atoms with E-state index < -0.39 is 12.1 Å². The monoisotopic (exact) mass is 744 g/mol. The van der Waals surface area contributed by atoms with Gasteiger partial charge >= 0.3 is 5.97 Å². The van der Waals surface area contributed by atoms with Crippen LogP contribution in [0.1, 0.15) is 213 Å². The number of hydrogen-bond donors (Lipinski definition) is 3. The van der Waals surface area contributed by atoms with E-state index in [1.165, 1.54) is 128 Å². The quantitative estimate of drug-likeness (QED) is 0.0330. The third-order valence-corrected chi connectivity index (χ3v) is 9.83. The predicted molar refractivity (Wildman–Crippen MR) is 227 cm³/mol. The van der Waals surface area contributed by atoms with Crippen LogP contribution in [0.5, 0.6) is 0 Å². The van der Waals surface area contributed by atoms with Crippen LogP contribution in [0.4, 0.5) is 0 Å². The van der Waals surface area contributed by atoms with Crippen molar-refractivity contribution >= 4 is 11.9 Å². The van der Waals surface area contributed by atoms with Crippen LogP contribution < -0.4 is 5.32 Å². The van der Waals surface area contributed by atoms with Crippen LogP contribution in [0.3, 0.4) is 0 Å². The zero-order valence-electron chi connectivity index (χ0n) is 34.7. The van der Waals surface area contributed by atoms with Crippen molar-refractivity contribution in [2.24, 2.45) is 0 Å². The number of aliphatic hydroxyl groups is 2. The molecule has 0 aliphatic carbocycles. The van der Waals surface area contributed by atoms with E-state index in [4.69, 9.17) is 4.74 Å². The van der Waals surface area contributed by atoms with Gasteiger partial charge in [-0.3, -0.25) is 9.59 Å². The van der Waals surface area contributed by atoms with Crippen molar-refractivity contribution in [3.8, 4) is 0 Å². The maximum Gasteiger partial charge on any atom is 0.305 e. The van der Waals surface area contributed by atoms with E-state index in [-0.39, 0.29) is 18.5 Å². The number of esters is 1. The summed E-state index contributed by atoms with van der Waals surface area (Å²) in [5, 5.41) is 22.8. The van der Waals surface area contributed by atoms with Crippen molar-refractivity contribution in [3.63, 3.8) is 0 Å². The molecule has 2 unspecified atom stereocenters. The van der Waals surface area contributed by atoms with Crippen molar-refractivity contribution in [3.05, 3.63) is 48.6 Å². The molecule has 0 rings (SSSR count). The molecule has 6 nitrogen and oxygen atoms in total. The molecule has 0 aromatic heterocycles. The Bertz CT molecular complexity index is 911. The molecule has 2 atom stereocenters. The molecule has 308 valence electrons. The SMILES string of the molecule is CCCCCCC/C=C\CCCCCCCC(=O)OCCCCCCCC/C=C\C/C=C\CCC(=O)NC(CO)C(O)/C=C/CCCCCCCCC. The fourth-order valence-corrected chi connectivity index (χ4v) is 6.32. The molecule has 0 saturated heterocycles. The summed E-state index contributed by atoms with van der Waals surface area (Å²) in [5.41, 5.74) is 0. The van der Waals surface area contributed by atoms with Gasteiger partial charge in [-0.15, -0.1) is 0 Å². The Kier molecular flexibility index (Phi) is 40.8. The number of allylic oxidation sites excluding steroid dienone is 7. The number of ether oxygens (including phenoxy) is 1. The van der Waals surface area contributed by atoms with E-state index in [1.54, 1.807) is 6.08 Å². The van der Waals surface area contributed by atoms with Crippen LogP contribution in [-0.2, 0) is 14.3 Å². The Labute approximate surface area is 327 Å². The van der Waals surface area contributed by atoms with Gasteiger partial charge < -0.3 is 20.3 Å². The number of nitrogens with one attached hydrogen (secondary N) is 1. The van der Waals surface area contributed by atoms with Gasteiger partial charge in [-0.1, -0.05) is 172 Å². The summed E-state index contributed by atoms with van der Waals surface area (Å²) in [7, 11) is 0. The smallest absolute Gasteiger partial charge is 0.305 e. The molecule has 0 heterocycles. The largest absolute Gasteiger partial charge is 0.466 e. The van der Waals surface area contributed by atoms with E-state index >= 15 is 0 Å². The van der Waals surface area contributed by atoms with Gasteiger partial charge in [0.05, 0.1) is 25.4 Å². The number of amides is 1. The topological polar surface area (TPSA) is 95.9 Å². The van der Waals surface area contributed by atoms with E-state index in [0.717, 1.165) is 51.4 Å². The van der Waals surface area contributed by atoms with Crippen LogP contribution in [0, 0.1) is 0 Å². The molecule has 0 aliphatic rings. The molecule has 0 radical (unpaired) electrons. The third-order valence-electron chi connectivity index (χ3n) is 9.83. The highest BCUT2D eigenvalue weighted by atomic mass is 16.5. The standard InChI is InChI=1S/C47H85NO5/c1-3-5-7-9-11-13-14-15-18-21-25-29-33-37-41-47(52)53-42-38-34-30-26-22-19-16-17-20-24-28-32-36-40-46(51)48-44(43-49)45(50)39-35-31-27-23-12-10-8-6-4-2/h14-15,17,20,28,32,35,39,44-45,49-50H,3-13,16,18-19,21-27,29-31,33-34,36-38,40-43H2,1-2H3,(H,48,51)/b15-14-,20-17-,32-28-,39-35+. The first-order valence-electron chi connectivity index (χ1n) is 22.4. The van der Waals surface area contributed by atoms with Crippen LogP contribution in [0.2, 0.25) is 0 Å². The molecule has 6 heteroatoms. The molecular formula is C47H85NO5. The summed E-state index contributed by atoms with van der Waals surface area (Å²) in [6.45, 7) is 4.77. The molecule has 0 aliphatic heterocycles. The lowest BCUT2D eigenvalue weighted by atomic mass is 10.1. The molecule has 0 aromatic rings. The Balaban J connectivity index is 3.59. The molecule has 53 heavy (non-hydrogen) atoms. The van der Waals surface area contributed by atoms with Crippen LogP contribution in [0.25, 0.3) is 0 Å². The first-order valence-corrected chi connectivity index (χ1v) is 22.4. The van der Waals surface area contributed by atoms with Crippen molar-refractivity contribution < 1.29 is 24.5 Å². The second kappa shape index (κ2) is 42.6. The Morgan fingerprint density at radius 2 is 0.962 bits per heavy atom. The Hall–Kier alpha value is -2.18. The summed E-state index contributed by atoms with van der Waals surface area (Å²) in [4.78, 5) is 24.3.